The van der Waals surface area contributed by atoms with Crippen LogP contribution >= 0.6 is 11.3 Å². The Morgan fingerprint density at radius 3 is 2.41 bits per heavy atom. The molecule has 3 heterocycles. The summed E-state index contributed by atoms with van der Waals surface area (Å²) in [5.74, 6) is -1.61. The number of amides is 4. The van der Waals surface area contributed by atoms with E-state index in [1.165, 1.54) is 36.1 Å². The topological polar surface area (TPSA) is 154 Å². The van der Waals surface area contributed by atoms with Crippen molar-refractivity contribution < 1.29 is 32.3 Å². The highest BCUT2D eigenvalue weighted by Crippen LogP contribution is 2.37. The number of hydrogen-bond acceptors (Lipinski definition) is 8. The van der Waals surface area contributed by atoms with Crippen molar-refractivity contribution in [3.05, 3.63) is 45.8 Å². The van der Waals surface area contributed by atoms with Gasteiger partial charge in [-0.15, -0.1) is 11.3 Å². The third kappa shape index (κ3) is 6.71. The van der Waals surface area contributed by atoms with Gasteiger partial charge in [0, 0.05) is 36.5 Å². The van der Waals surface area contributed by atoms with E-state index < -0.39 is 33.8 Å². The van der Waals surface area contributed by atoms with Gasteiger partial charge in [0.15, 0.2) is 0 Å². The molecule has 14 heteroatoms. The van der Waals surface area contributed by atoms with Crippen LogP contribution in [0.2, 0.25) is 0 Å². The molecule has 2 aromatic rings. The molecular formula is C27H35N5O7S2. The Morgan fingerprint density at radius 1 is 1.02 bits per heavy atom. The lowest BCUT2D eigenvalue weighted by atomic mass is 10.0. The molecule has 222 valence electrons. The number of anilines is 1. The molecule has 1 aromatic carbocycles. The minimum absolute atomic E-state index is 0.0385. The van der Waals surface area contributed by atoms with Crippen molar-refractivity contribution in [1.29, 1.82) is 0 Å². The standard InChI is InChI=1S/C27H35N5O7S2/c1-4-19-8-6-7-14-32(19)41(37,38)20-11-9-18(10-12-20)24(34)28-26-23(25(35)30-29-17(3)33)21-13-15-31(16-22(21)40-26)27(36)39-5-2/h9-12,19H,4-8,13-16H2,1-3H3,(H,28,34)(H,29,33)(H,30,35). The molecule has 1 atom stereocenters. The molecule has 41 heavy (non-hydrogen) atoms. The number of nitrogens with one attached hydrogen (secondary N) is 3. The fourth-order valence-electron chi connectivity index (χ4n) is 5.10. The molecule has 0 radical (unpaired) electrons. The SMILES string of the molecule is CCOC(=O)N1CCc2c(sc(NC(=O)c3ccc(S(=O)(=O)N4CCCCC4CC)cc3)c2C(=O)NNC(C)=O)C1. The van der Waals surface area contributed by atoms with Crippen LogP contribution in [0.15, 0.2) is 29.2 Å². The number of hydrazine groups is 1. The van der Waals surface area contributed by atoms with Gasteiger partial charge in [-0.25, -0.2) is 13.2 Å². The van der Waals surface area contributed by atoms with Crippen molar-refractivity contribution in [2.24, 2.45) is 0 Å². The van der Waals surface area contributed by atoms with E-state index in [9.17, 15) is 27.6 Å². The maximum absolute atomic E-state index is 13.3. The predicted molar refractivity (Wildman–Crippen MR) is 153 cm³/mol. The highest BCUT2D eigenvalue weighted by Gasteiger charge is 2.33. The molecule has 1 unspecified atom stereocenters. The number of carbonyl (C=O) groups excluding carboxylic acids is 4. The fourth-order valence-corrected chi connectivity index (χ4v) is 8.12. The molecular weight excluding hydrogens is 570 g/mol. The van der Waals surface area contributed by atoms with E-state index in [0.29, 0.717) is 30.0 Å². The fraction of sp³-hybridized carbons (Fsp3) is 0.481. The first-order chi connectivity index (χ1) is 19.6. The molecule has 0 bridgehead atoms. The van der Waals surface area contributed by atoms with Crippen molar-refractivity contribution in [3.8, 4) is 0 Å². The summed E-state index contributed by atoms with van der Waals surface area (Å²) in [6.07, 6.45) is 3.27. The number of rotatable bonds is 7. The number of hydrogen-bond donors (Lipinski definition) is 3. The molecule has 1 fully saturated rings. The van der Waals surface area contributed by atoms with Crippen molar-refractivity contribution in [2.45, 2.75) is 70.4 Å². The predicted octanol–water partition coefficient (Wildman–Crippen LogP) is 3.25. The summed E-state index contributed by atoms with van der Waals surface area (Å²) in [6.45, 7) is 6.18. The summed E-state index contributed by atoms with van der Waals surface area (Å²) in [5, 5.41) is 3.03. The van der Waals surface area contributed by atoms with Gasteiger partial charge in [0.05, 0.1) is 23.6 Å². The van der Waals surface area contributed by atoms with Crippen LogP contribution in [-0.2, 0) is 32.5 Å². The zero-order chi connectivity index (χ0) is 29.7. The van der Waals surface area contributed by atoms with E-state index in [0.717, 1.165) is 37.0 Å². The highest BCUT2D eigenvalue weighted by atomic mass is 32.2. The lowest BCUT2D eigenvalue weighted by Crippen LogP contribution is -2.43. The lowest BCUT2D eigenvalue weighted by molar-refractivity contribution is -0.119. The first kappa shape index (κ1) is 30.5. The van der Waals surface area contributed by atoms with Gasteiger partial charge in [-0.1, -0.05) is 13.3 Å². The smallest absolute Gasteiger partial charge is 0.410 e. The van der Waals surface area contributed by atoms with Gasteiger partial charge < -0.3 is 15.0 Å². The molecule has 4 rings (SSSR count). The number of piperidine rings is 1. The van der Waals surface area contributed by atoms with Gasteiger partial charge in [-0.2, -0.15) is 4.31 Å². The van der Waals surface area contributed by atoms with Crippen LogP contribution in [0, 0.1) is 0 Å². The number of benzene rings is 1. The molecule has 3 N–H and O–H groups in total. The second kappa shape index (κ2) is 13.0. The molecule has 2 aliphatic rings. The molecule has 4 amide bonds. The Kier molecular flexibility index (Phi) is 9.66. The van der Waals surface area contributed by atoms with E-state index >= 15 is 0 Å². The number of thiophene rings is 1. The average molecular weight is 606 g/mol. The van der Waals surface area contributed by atoms with Gasteiger partial charge in [0.1, 0.15) is 5.00 Å². The third-order valence-electron chi connectivity index (χ3n) is 7.16. The zero-order valence-corrected chi connectivity index (χ0v) is 25.0. The van der Waals surface area contributed by atoms with Crippen molar-refractivity contribution in [3.63, 3.8) is 0 Å². The second-order valence-corrected chi connectivity index (χ2v) is 12.9. The Balaban J connectivity index is 1.57. The first-order valence-corrected chi connectivity index (χ1v) is 15.9. The molecule has 1 saturated heterocycles. The summed E-state index contributed by atoms with van der Waals surface area (Å²) in [5.41, 5.74) is 5.68. The molecule has 2 aliphatic heterocycles. The van der Waals surface area contributed by atoms with Crippen LogP contribution in [0.3, 0.4) is 0 Å². The molecule has 0 spiro atoms. The Bertz CT molecular complexity index is 1420. The van der Waals surface area contributed by atoms with Crippen LogP contribution in [0.4, 0.5) is 9.80 Å². The summed E-state index contributed by atoms with van der Waals surface area (Å²) in [7, 11) is -3.70. The van der Waals surface area contributed by atoms with E-state index in [4.69, 9.17) is 4.74 Å². The molecule has 1 aromatic heterocycles. The van der Waals surface area contributed by atoms with Gasteiger partial charge in [0.25, 0.3) is 11.8 Å². The van der Waals surface area contributed by atoms with Crippen molar-refractivity contribution in [1.82, 2.24) is 20.1 Å². The Hall–Kier alpha value is -3.49. The molecule has 12 nitrogen and oxygen atoms in total. The Labute approximate surface area is 243 Å². The largest absolute Gasteiger partial charge is 0.450 e. The van der Waals surface area contributed by atoms with Crippen LogP contribution in [0.1, 0.15) is 77.6 Å². The van der Waals surface area contributed by atoms with Crippen LogP contribution in [0.25, 0.3) is 0 Å². The number of carbonyl (C=O) groups is 4. The number of ether oxygens (including phenoxy) is 1. The minimum atomic E-state index is -3.70. The highest BCUT2D eigenvalue weighted by molar-refractivity contribution is 7.89. The van der Waals surface area contributed by atoms with Crippen LogP contribution in [-0.4, -0.2) is 67.2 Å². The summed E-state index contributed by atoms with van der Waals surface area (Å²) < 4.78 is 33.3. The van der Waals surface area contributed by atoms with E-state index in [1.807, 2.05) is 6.92 Å². The average Bonchev–Trinajstić information content (AvgIpc) is 3.33. The van der Waals surface area contributed by atoms with E-state index in [2.05, 4.69) is 16.2 Å². The second-order valence-electron chi connectivity index (χ2n) is 9.87. The zero-order valence-electron chi connectivity index (χ0n) is 23.3. The summed E-state index contributed by atoms with van der Waals surface area (Å²) in [6, 6.07) is 5.70. The van der Waals surface area contributed by atoms with Gasteiger partial charge >= 0.3 is 6.09 Å². The van der Waals surface area contributed by atoms with E-state index in [1.54, 1.807) is 11.2 Å². The van der Waals surface area contributed by atoms with Crippen LogP contribution < -0.4 is 16.2 Å². The quantitative estimate of drug-likeness (QED) is 0.410. The number of nitrogens with zero attached hydrogens (tertiary/aromatic N) is 2. The lowest BCUT2D eigenvalue weighted by Gasteiger charge is -2.34. The monoisotopic (exact) mass is 605 g/mol. The molecule has 0 aliphatic carbocycles. The normalized spacial score (nSPS) is 17.3. The van der Waals surface area contributed by atoms with E-state index in [-0.39, 0.29) is 40.2 Å². The van der Waals surface area contributed by atoms with Gasteiger partial charge in [-0.05, 0) is 62.4 Å². The Morgan fingerprint density at radius 2 is 1.76 bits per heavy atom. The van der Waals surface area contributed by atoms with Gasteiger partial charge in [0.2, 0.25) is 15.9 Å². The number of sulfonamides is 1. The molecule has 0 saturated carbocycles. The maximum atomic E-state index is 13.3. The summed E-state index contributed by atoms with van der Waals surface area (Å²) in [4.78, 5) is 52.3. The van der Waals surface area contributed by atoms with Gasteiger partial charge in [-0.3, -0.25) is 25.2 Å². The summed E-state index contributed by atoms with van der Waals surface area (Å²) >= 11 is 1.16. The van der Waals surface area contributed by atoms with Crippen molar-refractivity contribution in [2.75, 3.05) is 25.0 Å². The minimum Gasteiger partial charge on any atom is -0.450 e. The third-order valence-corrected chi connectivity index (χ3v) is 10.3. The number of fused-ring (bicyclic) bond motifs is 1. The maximum Gasteiger partial charge on any atom is 0.410 e. The van der Waals surface area contributed by atoms with Crippen molar-refractivity contribution >= 4 is 50.2 Å². The van der Waals surface area contributed by atoms with Crippen LogP contribution in [0.5, 0.6) is 0 Å². The first-order valence-electron chi connectivity index (χ1n) is 13.6.